The molecular formula is C12H14N4. The van der Waals surface area contributed by atoms with Crippen molar-refractivity contribution in [2.75, 3.05) is 5.73 Å². The number of rotatable bonds is 2. The lowest BCUT2D eigenvalue weighted by molar-refractivity contribution is 0.273. The quantitative estimate of drug-likeness (QED) is 0.796. The first-order valence-corrected chi connectivity index (χ1v) is 5.40. The van der Waals surface area contributed by atoms with Crippen LogP contribution in [0.15, 0.2) is 30.6 Å². The molecule has 0 aliphatic carbocycles. The number of anilines is 1. The van der Waals surface area contributed by atoms with Gasteiger partial charge < -0.3 is 10.7 Å². The fourth-order valence-corrected chi connectivity index (χ4v) is 2.20. The molecule has 0 spiro atoms. The first kappa shape index (κ1) is 9.42. The summed E-state index contributed by atoms with van der Waals surface area (Å²) in [6.07, 6.45) is 1.65. The van der Waals surface area contributed by atoms with Crippen molar-refractivity contribution in [1.29, 1.82) is 0 Å². The Morgan fingerprint density at radius 3 is 2.50 bits per heavy atom. The molecule has 4 heteroatoms. The molecule has 1 aliphatic heterocycles. The second-order valence-corrected chi connectivity index (χ2v) is 4.18. The van der Waals surface area contributed by atoms with Crippen molar-refractivity contribution < 1.29 is 0 Å². The highest BCUT2D eigenvalue weighted by Crippen LogP contribution is 2.24. The molecule has 2 heterocycles. The molecule has 3 N–H and O–H groups in total. The molecule has 0 radical (unpaired) electrons. The Morgan fingerprint density at radius 2 is 1.94 bits per heavy atom. The summed E-state index contributed by atoms with van der Waals surface area (Å²) in [6.45, 7) is 2.82. The normalized spacial score (nSPS) is 15.2. The van der Waals surface area contributed by atoms with E-state index in [0.717, 1.165) is 25.3 Å². The summed E-state index contributed by atoms with van der Waals surface area (Å²) >= 11 is 0. The maximum absolute atomic E-state index is 5.75. The minimum Gasteiger partial charge on any atom is -0.382 e. The molecular weight excluding hydrogens is 200 g/mol. The highest BCUT2D eigenvalue weighted by molar-refractivity contribution is 5.35. The van der Waals surface area contributed by atoms with Crippen LogP contribution < -0.4 is 5.73 Å². The van der Waals surface area contributed by atoms with Gasteiger partial charge in [0.05, 0.1) is 12.0 Å². The summed E-state index contributed by atoms with van der Waals surface area (Å²) in [7, 11) is 0. The summed E-state index contributed by atoms with van der Waals surface area (Å²) in [4.78, 5) is 9.44. The van der Waals surface area contributed by atoms with Crippen LogP contribution in [0.4, 0.5) is 5.82 Å². The van der Waals surface area contributed by atoms with Crippen LogP contribution in [0.25, 0.3) is 0 Å². The summed E-state index contributed by atoms with van der Waals surface area (Å²) in [5, 5.41) is 0. The van der Waals surface area contributed by atoms with E-state index >= 15 is 0 Å². The second-order valence-electron chi connectivity index (χ2n) is 4.18. The van der Waals surface area contributed by atoms with Crippen LogP contribution in [0, 0.1) is 0 Å². The van der Waals surface area contributed by atoms with Crippen molar-refractivity contribution in [1.82, 2.24) is 14.9 Å². The predicted octanol–water partition coefficient (Wildman–Crippen LogP) is 1.51. The van der Waals surface area contributed by atoms with E-state index in [-0.39, 0.29) is 0 Å². The van der Waals surface area contributed by atoms with Crippen LogP contribution in [-0.4, -0.2) is 14.9 Å². The van der Waals surface area contributed by atoms with E-state index in [0.29, 0.717) is 5.82 Å². The van der Waals surface area contributed by atoms with Crippen LogP contribution >= 0.6 is 0 Å². The van der Waals surface area contributed by atoms with Gasteiger partial charge in [-0.1, -0.05) is 24.3 Å². The maximum atomic E-state index is 5.75. The Hall–Kier alpha value is -1.81. The molecule has 1 aromatic heterocycles. The number of H-pyrrole nitrogens is 1. The van der Waals surface area contributed by atoms with E-state index in [4.69, 9.17) is 5.73 Å². The van der Waals surface area contributed by atoms with Gasteiger partial charge in [0, 0.05) is 19.6 Å². The molecule has 0 saturated heterocycles. The third kappa shape index (κ3) is 1.57. The Morgan fingerprint density at radius 1 is 1.25 bits per heavy atom. The summed E-state index contributed by atoms with van der Waals surface area (Å²) in [5.41, 5.74) is 9.60. The van der Waals surface area contributed by atoms with Gasteiger partial charge in [-0.3, -0.25) is 4.90 Å². The van der Waals surface area contributed by atoms with Crippen LogP contribution in [0.3, 0.4) is 0 Å². The van der Waals surface area contributed by atoms with E-state index in [1.807, 2.05) is 0 Å². The first-order valence-electron chi connectivity index (χ1n) is 5.40. The molecule has 0 amide bonds. The number of imidazole rings is 1. The lowest BCUT2D eigenvalue weighted by Crippen LogP contribution is -2.16. The minimum atomic E-state index is 0.607. The van der Waals surface area contributed by atoms with Crippen LogP contribution in [0.2, 0.25) is 0 Å². The SMILES string of the molecule is Nc1nc[nH]c1CN1Cc2ccccc2C1. The number of aromatic amines is 1. The molecule has 0 atom stereocenters. The van der Waals surface area contributed by atoms with Crippen LogP contribution in [0.5, 0.6) is 0 Å². The molecule has 2 aromatic rings. The molecule has 3 rings (SSSR count). The van der Waals surface area contributed by atoms with Crippen molar-refractivity contribution >= 4 is 5.82 Å². The highest BCUT2D eigenvalue weighted by Gasteiger charge is 2.19. The zero-order valence-electron chi connectivity index (χ0n) is 8.98. The molecule has 0 unspecified atom stereocenters. The van der Waals surface area contributed by atoms with Crippen molar-refractivity contribution in [2.45, 2.75) is 19.6 Å². The molecule has 1 aliphatic rings. The molecule has 4 nitrogen and oxygen atoms in total. The number of nitrogens with two attached hydrogens (primary N) is 1. The minimum absolute atomic E-state index is 0.607. The monoisotopic (exact) mass is 214 g/mol. The van der Waals surface area contributed by atoms with E-state index in [2.05, 4.69) is 39.1 Å². The Labute approximate surface area is 94.1 Å². The van der Waals surface area contributed by atoms with Gasteiger partial charge in [-0.25, -0.2) is 4.98 Å². The average Bonchev–Trinajstić information content (AvgIpc) is 2.85. The number of hydrogen-bond acceptors (Lipinski definition) is 3. The number of nitrogens with zero attached hydrogens (tertiary/aromatic N) is 2. The van der Waals surface area contributed by atoms with Gasteiger partial charge in [0.25, 0.3) is 0 Å². The van der Waals surface area contributed by atoms with Gasteiger partial charge >= 0.3 is 0 Å². The van der Waals surface area contributed by atoms with Crippen molar-refractivity contribution in [3.63, 3.8) is 0 Å². The summed E-state index contributed by atoms with van der Waals surface area (Å²) in [6, 6.07) is 8.55. The zero-order chi connectivity index (χ0) is 11.0. The topological polar surface area (TPSA) is 57.9 Å². The number of aromatic nitrogens is 2. The van der Waals surface area contributed by atoms with Crippen molar-refractivity contribution in [3.8, 4) is 0 Å². The second kappa shape index (κ2) is 3.64. The van der Waals surface area contributed by atoms with Gasteiger partial charge in [-0.2, -0.15) is 0 Å². The first-order chi connectivity index (χ1) is 7.83. The van der Waals surface area contributed by atoms with Crippen LogP contribution in [-0.2, 0) is 19.6 Å². The summed E-state index contributed by atoms with van der Waals surface area (Å²) in [5.74, 6) is 0.607. The molecule has 0 saturated carbocycles. The van der Waals surface area contributed by atoms with E-state index in [1.165, 1.54) is 11.1 Å². The Kier molecular flexibility index (Phi) is 2.15. The van der Waals surface area contributed by atoms with Gasteiger partial charge in [-0.05, 0) is 11.1 Å². The van der Waals surface area contributed by atoms with Gasteiger partial charge in [-0.15, -0.1) is 0 Å². The largest absolute Gasteiger partial charge is 0.382 e. The molecule has 0 fully saturated rings. The highest BCUT2D eigenvalue weighted by atomic mass is 15.2. The fourth-order valence-electron chi connectivity index (χ4n) is 2.20. The van der Waals surface area contributed by atoms with E-state index in [1.54, 1.807) is 6.33 Å². The van der Waals surface area contributed by atoms with Gasteiger partial charge in [0.15, 0.2) is 0 Å². The zero-order valence-corrected chi connectivity index (χ0v) is 8.98. The summed E-state index contributed by atoms with van der Waals surface area (Å²) < 4.78 is 0. The number of nitrogen functional groups attached to an aromatic ring is 1. The Balaban J connectivity index is 1.75. The van der Waals surface area contributed by atoms with Gasteiger partial charge in [0.2, 0.25) is 0 Å². The molecule has 0 bridgehead atoms. The lowest BCUT2D eigenvalue weighted by Gasteiger charge is -2.13. The smallest absolute Gasteiger partial charge is 0.146 e. The lowest BCUT2D eigenvalue weighted by atomic mass is 10.1. The van der Waals surface area contributed by atoms with E-state index in [9.17, 15) is 0 Å². The maximum Gasteiger partial charge on any atom is 0.146 e. The third-order valence-corrected chi connectivity index (χ3v) is 3.04. The number of hydrogen-bond donors (Lipinski definition) is 2. The number of benzene rings is 1. The number of nitrogens with one attached hydrogen (secondary N) is 1. The van der Waals surface area contributed by atoms with Gasteiger partial charge in [0.1, 0.15) is 5.82 Å². The molecule has 16 heavy (non-hydrogen) atoms. The van der Waals surface area contributed by atoms with Crippen molar-refractivity contribution in [2.24, 2.45) is 0 Å². The van der Waals surface area contributed by atoms with Crippen LogP contribution in [0.1, 0.15) is 16.8 Å². The average molecular weight is 214 g/mol. The fraction of sp³-hybridized carbons (Fsp3) is 0.250. The Bertz CT molecular complexity index is 478. The molecule has 1 aromatic carbocycles. The molecule has 82 valence electrons. The van der Waals surface area contributed by atoms with Crippen molar-refractivity contribution in [3.05, 3.63) is 47.4 Å². The third-order valence-electron chi connectivity index (χ3n) is 3.04. The standard InChI is InChI=1S/C12H14N4/c13-12-11(14-8-15-12)7-16-5-9-3-1-2-4-10(9)6-16/h1-4,8H,5-7,13H2,(H,14,15). The number of fused-ring (bicyclic) bond motifs is 1. The predicted molar refractivity (Wildman–Crippen MR) is 62.4 cm³/mol. The van der Waals surface area contributed by atoms with E-state index < -0.39 is 0 Å².